The number of hydrogen-bond donors (Lipinski definition) is 1. The quantitative estimate of drug-likeness (QED) is 0.845. The molecule has 0 fully saturated rings. The van der Waals surface area contributed by atoms with Crippen LogP contribution in [0.4, 0.5) is 4.39 Å². The first-order valence-corrected chi connectivity index (χ1v) is 8.15. The number of thiophene rings is 1. The largest absolute Gasteiger partial charge is 0.306 e. The molecule has 1 unspecified atom stereocenters. The Morgan fingerprint density at radius 3 is 3.11 bits per heavy atom. The van der Waals surface area contributed by atoms with E-state index >= 15 is 0 Å². The normalized spacial score (nSPS) is 18.3. The minimum atomic E-state index is -0.207. The molecule has 1 aromatic carbocycles. The molecular weight excluding hydrogens is 325 g/mol. The standard InChI is InChI=1S/C15H15BrFNS/c16-12-8-10(4-5-13(12)17)9-18-14-2-1-3-15-11(14)6-7-19-15/h4-8,14,18H,1-3,9H2. The number of nitrogens with one attached hydrogen (secondary N) is 1. The van der Waals surface area contributed by atoms with E-state index in [0.29, 0.717) is 10.5 Å². The number of halogens is 2. The van der Waals surface area contributed by atoms with Crippen molar-refractivity contribution < 1.29 is 4.39 Å². The predicted molar refractivity (Wildman–Crippen MR) is 80.9 cm³/mol. The van der Waals surface area contributed by atoms with E-state index in [1.54, 1.807) is 0 Å². The second kappa shape index (κ2) is 5.73. The molecule has 1 heterocycles. The Morgan fingerprint density at radius 2 is 2.26 bits per heavy atom. The summed E-state index contributed by atoms with van der Waals surface area (Å²) in [6.07, 6.45) is 3.65. The van der Waals surface area contributed by atoms with Crippen molar-refractivity contribution in [3.63, 3.8) is 0 Å². The molecule has 100 valence electrons. The van der Waals surface area contributed by atoms with Crippen molar-refractivity contribution in [3.8, 4) is 0 Å². The van der Waals surface area contributed by atoms with Crippen LogP contribution in [0.2, 0.25) is 0 Å². The molecule has 3 rings (SSSR count). The van der Waals surface area contributed by atoms with Crippen LogP contribution in [0, 0.1) is 5.82 Å². The first-order valence-electron chi connectivity index (χ1n) is 6.47. The molecule has 1 aromatic heterocycles. The first-order chi connectivity index (χ1) is 9.24. The fraction of sp³-hybridized carbons (Fsp3) is 0.333. The van der Waals surface area contributed by atoms with E-state index in [1.807, 2.05) is 23.5 Å². The summed E-state index contributed by atoms with van der Waals surface area (Å²) >= 11 is 5.09. The highest BCUT2D eigenvalue weighted by molar-refractivity contribution is 9.10. The summed E-state index contributed by atoms with van der Waals surface area (Å²) in [7, 11) is 0. The maximum Gasteiger partial charge on any atom is 0.137 e. The lowest BCUT2D eigenvalue weighted by molar-refractivity contribution is 0.463. The minimum Gasteiger partial charge on any atom is -0.306 e. The van der Waals surface area contributed by atoms with E-state index in [1.165, 1.54) is 35.8 Å². The topological polar surface area (TPSA) is 12.0 Å². The van der Waals surface area contributed by atoms with E-state index in [4.69, 9.17) is 0 Å². The van der Waals surface area contributed by atoms with E-state index in [9.17, 15) is 4.39 Å². The van der Waals surface area contributed by atoms with Gasteiger partial charge in [-0.15, -0.1) is 11.3 Å². The molecule has 19 heavy (non-hydrogen) atoms. The molecule has 0 radical (unpaired) electrons. The lowest BCUT2D eigenvalue weighted by atomic mass is 9.94. The van der Waals surface area contributed by atoms with E-state index < -0.39 is 0 Å². The zero-order valence-electron chi connectivity index (χ0n) is 10.5. The van der Waals surface area contributed by atoms with E-state index in [2.05, 4.69) is 32.7 Å². The Hall–Kier alpha value is -0.710. The third kappa shape index (κ3) is 2.91. The summed E-state index contributed by atoms with van der Waals surface area (Å²) in [5.41, 5.74) is 2.56. The van der Waals surface area contributed by atoms with E-state index in [0.717, 1.165) is 12.1 Å². The van der Waals surface area contributed by atoms with Crippen molar-refractivity contribution in [2.24, 2.45) is 0 Å². The number of aryl methyl sites for hydroxylation is 1. The zero-order valence-corrected chi connectivity index (χ0v) is 12.9. The van der Waals surface area contributed by atoms with Gasteiger partial charge in [-0.2, -0.15) is 0 Å². The lowest BCUT2D eigenvalue weighted by Gasteiger charge is -2.24. The molecule has 1 N–H and O–H groups in total. The zero-order chi connectivity index (χ0) is 13.2. The Morgan fingerprint density at radius 1 is 1.37 bits per heavy atom. The number of rotatable bonds is 3. The van der Waals surface area contributed by atoms with Gasteiger partial charge in [0.05, 0.1) is 4.47 Å². The van der Waals surface area contributed by atoms with Crippen molar-refractivity contribution in [3.05, 3.63) is 55.9 Å². The third-order valence-corrected chi connectivity index (χ3v) is 5.19. The molecule has 1 nitrogen and oxygen atoms in total. The van der Waals surface area contributed by atoms with Crippen LogP contribution >= 0.6 is 27.3 Å². The fourth-order valence-corrected chi connectivity index (χ4v) is 4.00. The summed E-state index contributed by atoms with van der Waals surface area (Å²) in [6.45, 7) is 0.777. The molecule has 0 aliphatic heterocycles. The van der Waals surface area contributed by atoms with Crippen LogP contribution < -0.4 is 5.32 Å². The summed E-state index contributed by atoms with van der Waals surface area (Å²) in [4.78, 5) is 1.52. The van der Waals surface area contributed by atoms with Crippen molar-refractivity contribution in [1.82, 2.24) is 5.32 Å². The molecule has 2 aromatic rings. The summed E-state index contributed by atoms with van der Waals surface area (Å²) in [5, 5.41) is 5.77. The fourth-order valence-electron chi connectivity index (χ4n) is 2.59. The van der Waals surface area contributed by atoms with Crippen molar-refractivity contribution in [2.45, 2.75) is 31.8 Å². The summed E-state index contributed by atoms with van der Waals surface area (Å²) in [5.74, 6) is -0.207. The molecule has 0 amide bonds. The molecule has 0 saturated carbocycles. The van der Waals surface area contributed by atoms with Gasteiger partial charge in [0.2, 0.25) is 0 Å². The molecule has 1 aliphatic carbocycles. The highest BCUT2D eigenvalue weighted by Gasteiger charge is 2.20. The van der Waals surface area contributed by atoms with Crippen LogP contribution in [0.3, 0.4) is 0 Å². The first kappa shape index (κ1) is 13.3. The van der Waals surface area contributed by atoms with Gasteiger partial charge < -0.3 is 5.32 Å². The second-order valence-electron chi connectivity index (χ2n) is 4.87. The van der Waals surface area contributed by atoms with Crippen LogP contribution in [-0.4, -0.2) is 0 Å². The second-order valence-corrected chi connectivity index (χ2v) is 6.73. The monoisotopic (exact) mass is 339 g/mol. The third-order valence-electron chi connectivity index (χ3n) is 3.59. The Bertz CT molecular complexity index is 581. The Kier molecular flexibility index (Phi) is 4.01. The van der Waals surface area contributed by atoms with Crippen LogP contribution in [0.1, 0.15) is 34.9 Å². The molecule has 0 spiro atoms. The smallest absolute Gasteiger partial charge is 0.137 e. The van der Waals surface area contributed by atoms with Crippen molar-refractivity contribution in [1.29, 1.82) is 0 Å². The average molecular weight is 340 g/mol. The average Bonchev–Trinajstić information content (AvgIpc) is 2.89. The highest BCUT2D eigenvalue weighted by Crippen LogP contribution is 2.33. The van der Waals surface area contributed by atoms with Gasteiger partial charge in [0, 0.05) is 17.5 Å². The van der Waals surface area contributed by atoms with Gasteiger partial charge in [0.15, 0.2) is 0 Å². The van der Waals surface area contributed by atoms with Crippen LogP contribution in [0.5, 0.6) is 0 Å². The predicted octanol–water partition coefficient (Wildman–Crippen LogP) is 4.82. The number of fused-ring (bicyclic) bond motifs is 1. The van der Waals surface area contributed by atoms with Gasteiger partial charge in [-0.25, -0.2) is 4.39 Å². The van der Waals surface area contributed by atoms with E-state index in [-0.39, 0.29) is 5.82 Å². The number of benzene rings is 1. The number of hydrogen-bond acceptors (Lipinski definition) is 2. The molecule has 0 saturated heterocycles. The van der Waals surface area contributed by atoms with Gasteiger partial charge in [0.1, 0.15) is 5.82 Å². The van der Waals surface area contributed by atoms with Gasteiger partial charge >= 0.3 is 0 Å². The van der Waals surface area contributed by atoms with Gasteiger partial charge in [-0.05, 0) is 69.9 Å². The minimum absolute atomic E-state index is 0.207. The summed E-state index contributed by atoms with van der Waals surface area (Å²) in [6, 6.07) is 7.87. The summed E-state index contributed by atoms with van der Waals surface area (Å²) < 4.78 is 13.7. The molecule has 1 aliphatic rings. The highest BCUT2D eigenvalue weighted by atomic mass is 79.9. The molecule has 0 bridgehead atoms. The molecule has 1 atom stereocenters. The van der Waals surface area contributed by atoms with Crippen molar-refractivity contribution >= 4 is 27.3 Å². The van der Waals surface area contributed by atoms with Gasteiger partial charge in [-0.1, -0.05) is 6.07 Å². The Labute approximate surface area is 125 Å². The lowest BCUT2D eigenvalue weighted by Crippen LogP contribution is -2.23. The van der Waals surface area contributed by atoms with Crippen LogP contribution in [0.25, 0.3) is 0 Å². The van der Waals surface area contributed by atoms with Crippen molar-refractivity contribution in [2.75, 3.05) is 0 Å². The maximum absolute atomic E-state index is 13.2. The maximum atomic E-state index is 13.2. The van der Waals surface area contributed by atoms with Gasteiger partial charge in [-0.3, -0.25) is 0 Å². The Balaban J connectivity index is 1.69. The van der Waals surface area contributed by atoms with Gasteiger partial charge in [0.25, 0.3) is 0 Å². The molecular formula is C15H15BrFNS. The SMILES string of the molecule is Fc1ccc(CNC2CCCc3sccc32)cc1Br. The molecule has 4 heteroatoms. The van der Waals surface area contributed by atoms with Crippen LogP contribution in [0.15, 0.2) is 34.1 Å². The van der Waals surface area contributed by atoms with Crippen LogP contribution in [-0.2, 0) is 13.0 Å².